The van der Waals surface area contributed by atoms with E-state index in [0.717, 1.165) is 23.5 Å². The van der Waals surface area contributed by atoms with Crippen molar-refractivity contribution in [2.75, 3.05) is 0 Å². The van der Waals surface area contributed by atoms with E-state index < -0.39 is 0 Å². The molecule has 1 aromatic carbocycles. The summed E-state index contributed by atoms with van der Waals surface area (Å²) in [6.45, 7) is 7.08. The first-order chi connectivity index (χ1) is 10.5. The third kappa shape index (κ3) is 3.72. The minimum Gasteiger partial charge on any atom is -0.352 e. The molecule has 0 saturated heterocycles. The molecule has 22 heavy (non-hydrogen) atoms. The average molecular weight is 303 g/mol. The van der Waals surface area contributed by atoms with Gasteiger partial charge in [-0.05, 0) is 38.8 Å². The lowest BCUT2D eigenvalue weighted by Crippen LogP contribution is -2.23. The van der Waals surface area contributed by atoms with Crippen LogP contribution in [0.4, 0.5) is 4.39 Å². The van der Waals surface area contributed by atoms with Gasteiger partial charge < -0.3 is 5.32 Å². The van der Waals surface area contributed by atoms with Crippen molar-refractivity contribution < 1.29 is 9.18 Å². The van der Waals surface area contributed by atoms with Crippen molar-refractivity contribution in [2.45, 2.75) is 46.7 Å². The number of hydrogen-bond donors (Lipinski definition) is 1. The van der Waals surface area contributed by atoms with Crippen LogP contribution in [0.5, 0.6) is 0 Å². The van der Waals surface area contributed by atoms with Crippen molar-refractivity contribution in [3.63, 3.8) is 0 Å². The number of nitrogens with one attached hydrogen (secondary N) is 1. The molecule has 1 amide bonds. The van der Waals surface area contributed by atoms with Gasteiger partial charge >= 0.3 is 0 Å². The van der Waals surface area contributed by atoms with Crippen LogP contribution in [-0.2, 0) is 24.3 Å². The molecule has 1 aromatic heterocycles. The van der Waals surface area contributed by atoms with Crippen LogP contribution in [0, 0.1) is 19.7 Å². The fourth-order valence-electron chi connectivity index (χ4n) is 2.57. The standard InChI is InChI=1S/C17H22FN3O/c1-4-21-13(3)15(12(2)20-21)9-10-17(22)19-11-14-7-5-6-8-16(14)18/h5-8H,4,9-11H2,1-3H3,(H,19,22). The number of hydrogen-bond acceptors (Lipinski definition) is 2. The molecule has 0 atom stereocenters. The van der Waals surface area contributed by atoms with Gasteiger partial charge in [0.1, 0.15) is 5.82 Å². The first-order valence-electron chi connectivity index (χ1n) is 7.56. The summed E-state index contributed by atoms with van der Waals surface area (Å²) in [6.07, 6.45) is 1.03. The third-order valence-corrected chi connectivity index (χ3v) is 3.87. The van der Waals surface area contributed by atoms with E-state index in [-0.39, 0.29) is 18.3 Å². The number of aromatic nitrogens is 2. The Balaban J connectivity index is 1.88. The predicted molar refractivity (Wildman–Crippen MR) is 83.9 cm³/mol. The van der Waals surface area contributed by atoms with Crippen molar-refractivity contribution in [2.24, 2.45) is 0 Å². The summed E-state index contributed by atoms with van der Waals surface area (Å²) in [5.41, 5.74) is 3.72. The Morgan fingerprint density at radius 2 is 2.05 bits per heavy atom. The fraction of sp³-hybridized carbons (Fsp3) is 0.412. The molecule has 0 aliphatic heterocycles. The molecular weight excluding hydrogens is 281 g/mol. The van der Waals surface area contributed by atoms with Crippen LogP contribution in [0.15, 0.2) is 24.3 Å². The number of rotatable bonds is 6. The zero-order valence-electron chi connectivity index (χ0n) is 13.3. The summed E-state index contributed by atoms with van der Waals surface area (Å²) in [4.78, 5) is 11.9. The summed E-state index contributed by atoms with van der Waals surface area (Å²) in [5, 5.41) is 7.21. The summed E-state index contributed by atoms with van der Waals surface area (Å²) in [6, 6.07) is 6.47. The van der Waals surface area contributed by atoms with Crippen LogP contribution in [-0.4, -0.2) is 15.7 Å². The monoisotopic (exact) mass is 303 g/mol. The van der Waals surface area contributed by atoms with Crippen LogP contribution in [0.3, 0.4) is 0 Å². The second kappa shape index (κ2) is 7.20. The maximum absolute atomic E-state index is 13.5. The highest BCUT2D eigenvalue weighted by atomic mass is 19.1. The molecular formula is C17H22FN3O. The van der Waals surface area contributed by atoms with Crippen LogP contribution < -0.4 is 5.32 Å². The molecule has 0 aliphatic rings. The summed E-state index contributed by atoms with van der Waals surface area (Å²) in [5.74, 6) is -0.370. The molecule has 2 rings (SSSR count). The van der Waals surface area contributed by atoms with Crippen molar-refractivity contribution in [1.82, 2.24) is 15.1 Å². The minimum absolute atomic E-state index is 0.0775. The Morgan fingerprint density at radius 3 is 2.68 bits per heavy atom. The number of benzene rings is 1. The van der Waals surface area contributed by atoms with Gasteiger partial charge in [-0.25, -0.2) is 4.39 Å². The Labute approximate surface area is 130 Å². The molecule has 118 valence electrons. The summed E-state index contributed by atoms with van der Waals surface area (Å²) in [7, 11) is 0. The number of amides is 1. The van der Waals surface area contributed by atoms with Gasteiger partial charge in [0, 0.05) is 30.8 Å². The largest absolute Gasteiger partial charge is 0.352 e. The van der Waals surface area contributed by atoms with E-state index in [4.69, 9.17) is 0 Å². The first-order valence-corrected chi connectivity index (χ1v) is 7.56. The molecule has 0 unspecified atom stereocenters. The normalized spacial score (nSPS) is 10.7. The Morgan fingerprint density at radius 1 is 1.32 bits per heavy atom. The van der Waals surface area contributed by atoms with Crippen LogP contribution >= 0.6 is 0 Å². The number of aryl methyl sites for hydroxylation is 2. The molecule has 5 heteroatoms. The molecule has 0 spiro atoms. The molecule has 0 fully saturated rings. The van der Waals surface area contributed by atoms with Crippen molar-refractivity contribution in [3.05, 3.63) is 52.6 Å². The first kappa shape index (κ1) is 16.2. The Kier molecular flexibility index (Phi) is 5.31. The maximum Gasteiger partial charge on any atom is 0.220 e. The van der Waals surface area contributed by atoms with Crippen LogP contribution in [0.25, 0.3) is 0 Å². The molecule has 2 aromatic rings. The minimum atomic E-state index is -0.293. The number of carbonyl (C=O) groups excluding carboxylic acids is 1. The second-order valence-electron chi connectivity index (χ2n) is 5.33. The summed E-state index contributed by atoms with van der Waals surface area (Å²) >= 11 is 0. The van der Waals surface area contributed by atoms with E-state index >= 15 is 0 Å². The van der Waals surface area contributed by atoms with Gasteiger partial charge in [-0.2, -0.15) is 5.10 Å². The van der Waals surface area contributed by atoms with Crippen molar-refractivity contribution in [1.29, 1.82) is 0 Å². The molecule has 4 nitrogen and oxygen atoms in total. The Hall–Kier alpha value is -2.17. The smallest absolute Gasteiger partial charge is 0.220 e. The molecule has 0 aliphatic carbocycles. The number of carbonyl (C=O) groups is 1. The van der Waals surface area contributed by atoms with Gasteiger partial charge in [0.2, 0.25) is 5.91 Å². The van der Waals surface area contributed by atoms with Gasteiger partial charge in [0.05, 0.1) is 5.69 Å². The SMILES string of the molecule is CCn1nc(C)c(CCC(=O)NCc2ccccc2F)c1C. The van der Waals surface area contributed by atoms with Crippen molar-refractivity contribution >= 4 is 5.91 Å². The average Bonchev–Trinajstić information content (AvgIpc) is 2.78. The molecule has 0 saturated carbocycles. The molecule has 0 radical (unpaired) electrons. The van der Waals surface area contributed by atoms with E-state index in [2.05, 4.69) is 10.4 Å². The van der Waals surface area contributed by atoms with Gasteiger partial charge in [0.15, 0.2) is 0 Å². The van der Waals surface area contributed by atoms with Crippen LogP contribution in [0.1, 0.15) is 35.9 Å². The highest BCUT2D eigenvalue weighted by Gasteiger charge is 2.12. The quantitative estimate of drug-likeness (QED) is 0.892. The molecule has 1 heterocycles. The topological polar surface area (TPSA) is 46.9 Å². The van der Waals surface area contributed by atoms with Crippen molar-refractivity contribution in [3.8, 4) is 0 Å². The van der Waals surface area contributed by atoms with E-state index in [1.165, 1.54) is 6.07 Å². The van der Waals surface area contributed by atoms with E-state index in [0.29, 0.717) is 18.4 Å². The Bertz CT molecular complexity index is 664. The van der Waals surface area contributed by atoms with Gasteiger partial charge in [-0.1, -0.05) is 18.2 Å². The lowest BCUT2D eigenvalue weighted by atomic mass is 10.1. The van der Waals surface area contributed by atoms with Gasteiger partial charge in [0.25, 0.3) is 0 Å². The maximum atomic E-state index is 13.5. The fourth-order valence-corrected chi connectivity index (χ4v) is 2.57. The highest BCUT2D eigenvalue weighted by molar-refractivity contribution is 5.76. The molecule has 1 N–H and O–H groups in total. The highest BCUT2D eigenvalue weighted by Crippen LogP contribution is 2.15. The predicted octanol–water partition coefficient (Wildman–Crippen LogP) is 2.91. The number of nitrogens with zero attached hydrogens (tertiary/aromatic N) is 2. The lowest BCUT2D eigenvalue weighted by molar-refractivity contribution is -0.121. The lowest BCUT2D eigenvalue weighted by Gasteiger charge is -2.07. The van der Waals surface area contributed by atoms with E-state index in [9.17, 15) is 9.18 Å². The third-order valence-electron chi connectivity index (χ3n) is 3.87. The van der Waals surface area contributed by atoms with Gasteiger partial charge in [-0.3, -0.25) is 9.48 Å². The zero-order valence-corrected chi connectivity index (χ0v) is 13.3. The second-order valence-corrected chi connectivity index (χ2v) is 5.33. The molecule has 0 bridgehead atoms. The van der Waals surface area contributed by atoms with E-state index in [1.807, 2.05) is 25.5 Å². The van der Waals surface area contributed by atoms with E-state index in [1.54, 1.807) is 18.2 Å². The zero-order chi connectivity index (χ0) is 16.1. The van der Waals surface area contributed by atoms with Gasteiger partial charge in [-0.15, -0.1) is 0 Å². The summed E-state index contributed by atoms with van der Waals surface area (Å²) < 4.78 is 15.4. The van der Waals surface area contributed by atoms with Crippen LogP contribution in [0.2, 0.25) is 0 Å². The number of halogens is 1.